The molecule has 0 spiro atoms. The molecule has 0 aromatic heterocycles. The monoisotopic (exact) mass is 290 g/mol. The third kappa shape index (κ3) is 4.46. The van der Waals surface area contributed by atoms with Gasteiger partial charge in [-0.1, -0.05) is 31.9 Å². The number of hydrogen-bond donors (Lipinski definition) is 3. The highest BCUT2D eigenvalue weighted by Crippen LogP contribution is 2.26. The summed E-state index contributed by atoms with van der Waals surface area (Å²) in [6, 6.07) is 6.61. The summed E-state index contributed by atoms with van der Waals surface area (Å²) in [5.74, 6) is -0.740. The van der Waals surface area contributed by atoms with Gasteiger partial charge >= 0.3 is 5.97 Å². The summed E-state index contributed by atoms with van der Waals surface area (Å²) in [6.45, 7) is 4.98. The first-order valence-corrected chi connectivity index (χ1v) is 7.94. The van der Waals surface area contributed by atoms with E-state index in [0.29, 0.717) is 19.0 Å². The number of carboxylic acid groups (broad SMARTS) is 1. The zero-order valence-electron chi connectivity index (χ0n) is 13.0. The molecular weight excluding hydrogens is 264 g/mol. The van der Waals surface area contributed by atoms with Crippen LogP contribution in [0.4, 0.5) is 5.69 Å². The quantitative estimate of drug-likeness (QED) is 0.689. The Bertz CT molecular complexity index is 488. The van der Waals surface area contributed by atoms with Gasteiger partial charge in [0.2, 0.25) is 0 Å². The highest BCUT2D eigenvalue weighted by molar-refractivity contribution is 5.73. The first kappa shape index (κ1) is 15.8. The molecule has 21 heavy (non-hydrogen) atoms. The third-order valence-corrected chi connectivity index (χ3v) is 4.05. The molecule has 0 bridgehead atoms. The van der Waals surface area contributed by atoms with Crippen molar-refractivity contribution in [3.05, 3.63) is 29.3 Å². The number of rotatable bonds is 8. The van der Waals surface area contributed by atoms with Crippen LogP contribution in [0, 0.1) is 0 Å². The van der Waals surface area contributed by atoms with E-state index in [2.05, 4.69) is 42.7 Å². The van der Waals surface area contributed by atoms with Crippen molar-refractivity contribution < 1.29 is 9.90 Å². The molecule has 2 rings (SSSR count). The predicted molar refractivity (Wildman–Crippen MR) is 85.9 cm³/mol. The van der Waals surface area contributed by atoms with Crippen LogP contribution in [-0.2, 0) is 17.6 Å². The van der Waals surface area contributed by atoms with Crippen LogP contribution < -0.4 is 10.6 Å². The fourth-order valence-electron chi connectivity index (χ4n) is 2.87. The standard InChI is InChI=1S/C17H26N2O2/c1-3-4-5-16(17(20)21)18-9-8-13-6-7-15-14(11-13)10-12(2)19-15/h6-7,11-12,16,18-19H,3-5,8-10H2,1-2H3,(H,20,21). The van der Waals surface area contributed by atoms with Gasteiger partial charge in [-0.05, 0) is 49.9 Å². The van der Waals surface area contributed by atoms with E-state index in [0.717, 1.165) is 25.7 Å². The van der Waals surface area contributed by atoms with Crippen LogP contribution in [0.25, 0.3) is 0 Å². The van der Waals surface area contributed by atoms with Crippen molar-refractivity contribution in [1.82, 2.24) is 5.32 Å². The lowest BCUT2D eigenvalue weighted by Crippen LogP contribution is -2.37. The normalized spacial score (nSPS) is 18.1. The number of carbonyl (C=O) groups is 1. The molecule has 4 heteroatoms. The highest BCUT2D eigenvalue weighted by atomic mass is 16.4. The van der Waals surface area contributed by atoms with Crippen LogP contribution >= 0.6 is 0 Å². The lowest BCUT2D eigenvalue weighted by Gasteiger charge is -2.14. The number of aliphatic carboxylic acids is 1. The van der Waals surface area contributed by atoms with E-state index in [1.165, 1.54) is 16.8 Å². The molecule has 0 saturated heterocycles. The minimum Gasteiger partial charge on any atom is -0.480 e. The fourth-order valence-corrected chi connectivity index (χ4v) is 2.87. The number of anilines is 1. The maximum absolute atomic E-state index is 11.2. The third-order valence-electron chi connectivity index (χ3n) is 4.05. The van der Waals surface area contributed by atoms with Gasteiger partial charge in [-0.3, -0.25) is 4.79 Å². The van der Waals surface area contributed by atoms with Crippen molar-refractivity contribution in [3.63, 3.8) is 0 Å². The van der Waals surface area contributed by atoms with Crippen molar-refractivity contribution in [2.45, 2.75) is 58.0 Å². The summed E-state index contributed by atoms with van der Waals surface area (Å²) < 4.78 is 0. The Kier molecular flexibility index (Phi) is 5.62. The number of fused-ring (bicyclic) bond motifs is 1. The average molecular weight is 290 g/mol. The number of carboxylic acids is 1. The van der Waals surface area contributed by atoms with Crippen molar-refractivity contribution >= 4 is 11.7 Å². The SMILES string of the molecule is CCCCC(NCCc1ccc2c(c1)CC(C)N2)C(=O)O. The van der Waals surface area contributed by atoms with Crippen LogP contribution in [0.3, 0.4) is 0 Å². The minimum absolute atomic E-state index is 0.416. The smallest absolute Gasteiger partial charge is 0.320 e. The summed E-state index contributed by atoms with van der Waals surface area (Å²) in [5, 5.41) is 15.8. The van der Waals surface area contributed by atoms with Gasteiger partial charge in [0.05, 0.1) is 0 Å². The predicted octanol–water partition coefficient (Wildman–Crippen LogP) is 2.82. The van der Waals surface area contributed by atoms with Gasteiger partial charge in [-0.15, -0.1) is 0 Å². The van der Waals surface area contributed by atoms with Gasteiger partial charge in [-0.25, -0.2) is 0 Å². The average Bonchev–Trinajstić information content (AvgIpc) is 2.81. The number of hydrogen-bond acceptors (Lipinski definition) is 3. The van der Waals surface area contributed by atoms with E-state index in [-0.39, 0.29) is 0 Å². The Morgan fingerprint density at radius 2 is 2.33 bits per heavy atom. The first-order chi connectivity index (χ1) is 10.1. The Morgan fingerprint density at radius 3 is 3.05 bits per heavy atom. The topological polar surface area (TPSA) is 61.4 Å². The molecule has 0 radical (unpaired) electrons. The van der Waals surface area contributed by atoms with E-state index in [4.69, 9.17) is 0 Å². The summed E-state index contributed by atoms with van der Waals surface area (Å²) in [4.78, 5) is 11.2. The Labute approximate surface area is 126 Å². The molecule has 116 valence electrons. The van der Waals surface area contributed by atoms with E-state index in [1.807, 2.05) is 0 Å². The minimum atomic E-state index is -0.740. The van der Waals surface area contributed by atoms with Gasteiger partial charge in [0.1, 0.15) is 6.04 Å². The molecule has 1 aromatic carbocycles. The molecule has 3 N–H and O–H groups in total. The molecule has 0 saturated carbocycles. The lowest BCUT2D eigenvalue weighted by atomic mass is 10.0. The number of nitrogens with one attached hydrogen (secondary N) is 2. The fraction of sp³-hybridized carbons (Fsp3) is 0.588. The van der Waals surface area contributed by atoms with Crippen LogP contribution in [-0.4, -0.2) is 29.7 Å². The van der Waals surface area contributed by atoms with E-state index < -0.39 is 12.0 Å². The molecule has 2 atom stereocenters. The second-order valence-corrected chi connectivity index (χ2v) is 5.98. The summed E-state index contributed by atoms with van der Waals surface area (Å²) in [7, 11) is 0. The molecule has 2 unspecified atom stereocenters. The van der Waals surface area contributed by atoms with Crippen molar-refractivity contribution in [1.29, 1.82) is 0 Å². The molecular formula is C17H26N2O2. The van der Waals surface area contributed by atoms with Crippen LogP contribution in [0.1, 0.15) is 44.2 Å². The first-order valence-electron chi connectivity index (χ1n) is 7.94. The molecule has 0 aliphatic carbocycles. The maximum atomic E-state index is 11.2. The zero-order valence-corrected chi connectivity index (χ0v) is 13.0. The largest absolute Gasteiger partial charge is 0.480 e. The molecule has 0 amide bonds. The van der Waals surface area contributed by atoms with Gasteiger partial charge in [0.25, 0.3) is 0 Å². The lowest BCUT2D eigenvalue weighted by molar-refractivity contribution is -0.139. The molecule has 1 aromatic rings. The number of unbranched alkanes of at least 4 members (excludes halogenated alkanes) is 1. The van der Waals surface area contributed by atoms with Gasteiger partial charge < -0.3 is 15.7 Å². The Morgan fingerprint density at radius 1 is 1.52 bits per heavy atom. The summed E-state index contributed by atoms with van der Waals surface area (Å²) in [5.41, 5.74) is 3.89. The Balaban J connectivity index is 1.83. The van der Waals surface area contributed by atoms with Crippen molar-refractivity contribution in [3.8, 4) is 0 Å². The number of benzene rings is 1. The summed E-state index contributed by atoms with van der Waals surface area (Å²) in [6.07, 6.45) is 4.63. The van der Waals surface area contributed by atoms with E-state index in [1.54, 1.807) is 0 Å². The molecule has 1 heterocycles. The molecule has 1 aliphatic rings. The maximum Gasteiger partial charge on any atom is 0.320 e. The summed E-state index contributed by atoms with van der Waals surface area (Å²) >= 11 is 0. The molecule has 4 nitrogen and oxygen atoms in total. The van der Waals surface area contributed by atoms with Gasteiger partial charge in [0, 0.05) is 11.7 Å². The zero-order chi connectivity index (χ0) is 15.2. The van der Waals surface area contributed by atoms with Gasteiger partial charge in [0.15, 0.2) is 0 Å². The second kappa shape index (κ2) is 7.46. The van der Waals surface area contributed by atoms with E-state index >= 15 is 0 Å². The van der Waals surface area contributed by atoms with Crippen LogP contribution in [0.2, 0.25) is 0 Å². The second-order valence-electron chi connectivity index (χ2n) is 5.98. The van der Waals surface area contributed by atoms with Gasteiger partial charge in [-0.2, -0.15) is 0 Å². The highest BCUT2D eigenvalue weighted by Gasteiger charge is 2.17. The molecule has 0 fully saturated rings. The van der Waals surface area contributed by atoms with Crippen molar-refractivity contribution in [2.75, 3.05) is 11.9 Å². The Hall–Kier alpha value is -1.55. The molecule has 1 aliphatic heterocycles. The van der Waals surface area contributed by atoms with Crippen LogP contribution in [0.5, 0.6) is 0 Å². The van der Waals surface area contributed by atoms with E-state index in [9.17, 15) is 9.90 Å². The van der Waals surface area contributed by atoms with Crippen molar-refractivity contribution in [2.24, 2.45) is 0 Å². The van der Waals surface area contributed by atoms with Crippen LogP contribution in [0.15, 0.2) is 18.2 Å².